The van der Waals surface area contributed by atoms with Crippen LogP contribution in [0.25, 0.3) is 56.0 Å². The number of aromatic nitrogens is 1. The molecule has 0 radical (unpaired) electrons. The number of fused-ring (bicyclic) bond motifs is 7. The molecule has 2 heterocycles. The van der Waals surface area contributed by atoms with Gasteiger partial charge in [0.2, 0.25) is 0 Å². The maximum Gasteiger partial charge on any atom is 0.0867 e. The fourth-order valence-electron chi connectivity index (χ4n) is 6.68. The van der Waals surface area contributed by atoms with Crippen LogP contribution in [0.1, 0.15) is 35.6 Å². The molecule has 192 valence electrons. The molecule has 40 heavy (non-hydrogen) atoms. The van der Waals surface area contributed by atoms with Crippen LogP contribution < -0.4 is 5.32 Å². The molecule has 6 aromatic rings. The smallest absolute Gasteiger partial charge is 0.0867 e. The third kappa shape index (κ3) is 3.48. The third-order valence-electron chi connectivity index (χ3n) is 8.45. The van der Waals surface area contributed by atoms with Gasteiger partial charge in [-0.05, 0) is 77.2 Å². The van der Waals surface area contributed by atoms with Crippen molar-refractivity contribution < 1.29 is 0 Å². The van der Waals surface area contributed by atoms with Crippen LogP contribution in [0.15, 0.2) is 102 Å². The van der Waals surface area contributed by atoms with Gasteiger partial charge < -0.3 is 9.88 Å². The van der Waals surface area contributed by atoms with E-state index in [9.17, 15) is 0 Å². The lowest BCUT2D eigenvalue weighted by atomic mass is 9.88. The summed E-state index contributed by atoms with van der Waals surface area (Å²) < 4.78 is 2.42. The first-order valence-electron chi connectivity index (χ1n) is 14.1. The number of benzene rings is 5. The van der Waals surface area contributed by atoms with Crippen LogP contribution in [0.4, 0.5) is 11.4 Å². The Morgan fingerprint density at radius 3 is 2.38 bits per heavy atom. The minimum absolute atomic E-state index is 0.793. The first-order chi connectivity index (χ1) is 19.8. The summed E-state index contributed by atoms with van der Waals surface area (Å²) in [6, 6.07) is 33.1. The standard InChI is InChI=1S/C37H29N3/c1-24(22-25-23-33-37(39-21-20-38-33)32-13-3-2-10-27(25)32)26-14-8-16-29-28(26)15-9-19-36(29)40-34-17-6-4-11-30(34)31-12-5-7-18-35(31)40/h2,4-12,14-20,22-23,39H,3,13,21H2,1H3/b24-22+. The van der Waals surface area contributed by atoms with E-state index >= 15 is 0 Å². The third-order valence-corrected chi connectivity index (χ3v) is 8.45. The summed E-state index contributed by atoms with van der Waals surface area (Å²) >= 11 is 0. The molecule has 0 bridgehead atoms. The van der Waals surface area contributed by atoms with Crippen LogP contribution >= 0.6 is 0 Å². The summed E-state index contributed by atoms with van der Waals surface area (Å²) in [7, 11) is 0. The van der Waals surface area contributed by atoms with E-state index in [2.05, 4.69) is 126 Å². The largest absolute Gasteiger partial charge is 0.378 e. The van der Waals surface area contributed by atoms with Gasteiger partial charge in [0.25, 0.3) is 0 Å². The fraction of sp³-hybridized carbons (Fsp3) is 0.108. The van der Waals surface area contributed by atoms with E-state index in [0.717, 1.165) is 25.1 Å². The maximum absolute atomic E-state index is 4.74. The average Bonchev–Trinajstić information content (AvgIpc) is 3.35. The van der Waals surface area contributed by atoms with Crippen molar-refractivity contribution in [2.75, 3.05) is 11.9 Å². The number of rotatable bonds is 3. The van der Waals surface area contributed by atoms with Gasteiger partial charge in [0.15, 0.2) is 0 Å². The zero-order valence-electron chi connectivity index (χ0n) is 22.5. The van der Waals surface area contributed by atoms with Crippen molar-refractivity contribution in [2.24, 2.45) is 4.99 Å². The van der Waals surface area contributed by atoms with E-state index in [-0.39, 0.29) is 0 Å². The van der Waals surface area contributed by atoms with Crippen molar-refractivity contribution in [3.8, 4) is 5.69 Å². The summed E-state index contributed by atoms with van der Waals surface area (Å²) in [4.78, 5) is 4.74. The van der Waals surface area contributed by atoms with Crippen molar-refractivity contribution >= 4 is 67.9 Å². The van der Waals surface area contributed by atoms with E-state index in [1.54, 1.807) is 0 Å². The Kier molecular flexibility index (Phi) is 5.24. The molecule has 0 saturated heterocycles. The fourth-order valence-corrected chi connectivity index (χ4v) is 6.68. The monoisotopic (exact) mass is 515 g/mol. The summed E-state index contributed by atoms with van der Waals surface area (Å²) in [6.45, 7) is 3.03. The van der Waals surface area contributed by atoms with Crippen LogP contribution in [0.2, 0.25) is 0 Å². The number of aliphatic imine (C=N–C) groups is 1. The first-order valence-corrected chi connectivity index (χ1v) is 14.1. The molecule has 0 saturated carbocycles. The molecule has 3 heteroatoms. The molecule has 0 amide bonds. The van der Waals surface area contributed by atoms with E-state index in [1.165, 1.54) is 71.8 Å². The Bertz CT molecular complexity index is 2020. The van der Waals surface area contributed by atoms with Gasteiger partial charge in [-0.1, -0.05) is 85.0 Å². The molecule has 8 rings (SSSR count). The second-order valence-corrected chi connectivity index (χ2v) is 10.8. The Morgan fingerprint density at radius 1 is 0.825 bits per heavy atom. The quantitative estimate of drug-likeness (QED) is 0.234. The predicted octanol–water partition coefficient (Wildman–Crippen LogP) is 9.58. The van der Waals surface area contributed by atoms with E-state index in [4.69, 9.17) is 4.99 Å². The predicted molar refractivity (Wildman–Crippen MR) is 172 cm³/mol. The second kappa shape index (κ2) is 9.10. The van der Waals surface area contributed by atoms with Crippen LogP contribution in [-0.4, -0.2) is 17.3 Å². The highest BCUT2D eigenvalue weighted by atomic mass is 15.0. The minimum Gasteiger partial charge on any atom is -0.378 e. The molecule has 5 aromatic carbocycles. The van der Waals surface area contributed by atoms with E-state index in [0.29, 0.717) is 0 Å². The van der Waals surface area contributed by atoms with Crippen molar-refractivity contribution in [2.45, 2.75) is 19.8 Å². The number of allylic oxidation sites excluding steroid dienone is 2. The number of anilines is 1. The van der Waals surface area contributed by atoms with Crippen LogP contribution in [0, 0.1) is 0 Å². The van der Waals surface area contributed by atoms with Gasteiger partial charge >= 0.3 is 0 Å². The van der Waals surface area contributed by atoms with Crippen molar-refractivity contribution in [3.63, 3.8) is 0 Å². The van der Waals surface area contributed by atoms with Gasteiger partial charge in [-0.15, -0.1) is 0 Å². The molecule has 0 atom stereocenters. The average molecular weight is 516 g/mol. The minimum atomic E-state index is 0.793. The molecule has 1 N–H and O–H groups in total. The van der Waals surface area contributed by atoms with Crippen LogP contribution in [-0.2, 0) is 6.42 Å². The Hall–Kier alpha value is -4.89. The zero-order chi connectivity index (χ0) is 26.6. The lowest BCUT2D eigenvalue weighted by Gasteiger charge is -2.23. The van der Waals surface area contributed by atoms with Crippen molar-refractivity contribution in [3.05, 3.63) is 119 Å². The first kappa shape index (κ1) is 23.0. The molecule has 0 spiro atoms. The lowest BCUT2D eigenvalue weighted by Crippen LogP contribution is -2.12. The summed E-state index contributed by atoms with van der Waals surface area (Å²) in [5, 5.41) is 8.64. The van der Waals surface area contributed by atoms with Crippen LogP contribution in [0.5, 0.6) is 0 Å². The molecule has 1 aromatic heterocycles. The molecular weight excluding hydrogens is 486 g/mol. The molecule has 1 aliphatic carbocycles. The van der Waals surface area contributed by atoms with Crippen molar-refractivity contribution in [1.82, 2.24) is 4.57 Å². The Labute approximate surface area is 233 Å². The number of nitrogens with zero attached hydrogens (tertiary/aromatic N) is 2. The van der Waals surface area contributed by atoms with Gasteiger partial charge in [-0.2, -0.15) is 0 Å². The molecular formula is C37H29N3. The van der Waals surface area contributed by atoms with Crippen LogP contribution in [0.3, 0.4) is 0 Å². The number of hydrogen-bond acceptors (Lipinski definition) is 2. The van der Waals surface area contributed by atoms with Gasteiger partial charge in [0.05, 0.1) is 34.6 Å². The highest BCUT2D eigenvalue weighted by Gasteiger charge is 2.19. The number of nitrogens with one attached hydrogen (secondary N) is 1. The highest BCUT2D eigenvalue weighted by Crippen LogP contribution is 2.41. The van der Waals surface area contributed by atoms with Gasteiger partial charge in [0, 0.05) is 22.4 Å². The summed E-state index contributed by atoms with van der Waals surface area (Å²) in [5.41, 5.74) is 12.4. The number of para-hydroxylation sites is 2. The highest BCUT2D eigenvalue weighted by molar-refractivity contribution is 6.11. The molecule has 0 unspecified atom stereocenters. The summed E-state index contributed by atoms with van der Waals surface area (Å²) in [6.07, 6.45) is 11.0. The number of hydrogen-bond donors (Lipinski definition) is 1. The SMILES string of the molecule is C/C(=C\c1cc2c(c3c1C=CCC3)NCC=N2)c1cccc2c(-n3c4ccccc4c4ccccc43)cccc12. The van der Waals surface area contributed by atoms with E-state index in [1.807, 2.05) is 6.21 Å². The normalized spacial score (nSPS) is 14.5. The Morgan fingerprint density at radius 2 is 1.55 bits per heavy atom. The van der Waals surface area contributed by atoms with Gasteiger partial charge in [-0.25, -0.2) is 0 Å². The second-order valence-electron chi connectivity index (χ2n) is 10.8. The molecule has 3 nitrogen and oxygen atoms in total. The lowest BCUT2D eigenvalue weighted by molar-refractivity contribution is 0.982. The zero-order valence-corrected chi connectivity index (χ0v) is 22.5. The molecule has 0 fully saturated rings. The molecule has 2 aliphatic rings. The van der Waals surface area contributed by atoms with Crippen molar-refractivity contribution in [1.29, 1.82) is 0 Å². The Balaban J connectivity index is 1.33. The topological polar surface area (TPSA) is 29.3 Å². The summed E-state index contributed by atoms with van der Waals surface area (Å²) in [5.74, 6) is 0. The maximum atomic E-state index is 4.74. The van der Waals surface area contributed by atoms with Gasteiger partial charge in [-0.3, -0.25) is 4.99 Å². The van der Waals surface area contributed by atoms with E-state index < -0.39 is 0 Å². The molecule has 1 aliphatic heterocycles. The van der Waals surface area contributed by atoms with Gasteiger partial charge in [0.1, 0.15) is 0 Å².